The highest BCUT2D eigenvalue weighted by molar-refractivity contribution is 7.89. The normalized spacial score (nSPS) is 19.8. The molecule has 0 atom stereocenters. The first kappa shape index (κ1) is 17.0. The predicted molar refractivity (Wildman–Crippen MR) is 88.0 cm³/mol. The maximum atomic E-state index is 12.5. The second-order valence-electron chi connectivity index (χ2n) is 6.18. The molecule has 0 bridgehead atoms. The summed E-state index contributed by atoms with van der Waals surface area (Å²) in [5.74, 6) is -0.538. The number of piperidine rings is 1. The highest BCUT2D eigenvalue weighted by Gasteiger charge is 2.42. The largest absolute Gasteiger partial charge is 0.280 e. The van der Waals surface area contributed by atoms with Crippen molar-refractivity contribution in [3.05, 3.63) is 29.6 Å². The van der Waals surface area contributed by atoms with Crippen LogP contribution < -0.4 is 0 Å². The molecule has 2 aliphatic rings. The fourth-order valence-corrected chi connectivity index (χ4v) is 4.93. The topological polar surface area (TPSA) is 87.7 Å². The van der Waals surface area contributed by atoms with Gasteiger partial charge in [0.15, 0.2) is 0 Å². The maximum Gasteiger partial charge on any atom is 0.280 e. The van der Waals surface area contributed by atoms with Gasteiger partial charge in [-0.3, -0.25) is 19.5 Å². The summed E-state index contributed by atoms with van der Waals surface area (Å²) in [6.07, 6.45) is 3.91. The van der Waals surface area contributed by atoms with Crippen molar-refractivity contribution in [3.8, 4) is 0 Å². The number of pyridine rings is 1. The van der Waals surface area contributed by atoms with Crippen LogP contribution in [0.4, 0.5) is 0 Å². The quantitative estimate of drug-likeness (QED) is 0.746. The first-order chi connectivity index (χ1) is 11.5. The minimum absolute atomic E-state index is 0.158. The van der Waals surface area contributed by atoms with Crippen LogP contribution in [0.1, 0.15) is 53.5 Å². The van der Waals surface area contributed by atoms with Crippen molar-refractivity contribution in [1.82, 2.24) is 14.2 Å². The van der Waals surface area contributed by atoms with E-state index in [1.165, 1.54) is 15.4 Å². The molecule has 1 fully saturated rings. The highest BCUT2D eigenvalue weighted by Crippen LogP contribution is 2.28. The van der Waals surface area contributed by atoms with Crippen LogP contribution in [0.15, 0.2) is 18.3 Å². The van der Waals surface area contributed by atoms with Crippen LogP contribution in [-0.2, 0) is 10.0 Å². The molecular formula is C16H21N3O4S. The smallest absolute Gasteiger partial charge is 0.270 e. The van der Waals surface area contributed by atoms with Crippen LogP contribution in [-0.4, -0.2) is 59.3 Å². The van der Waals surface area contributed by atoms with E-state index in [9.17, 15) is 18.0 Å². The van der Waals surface area contributed by atoms with Gasteiger partial charge in [0, 0.05) is 25.3 Å². The van der Waals surface area contributed by atoms with Crippen molar-refractivity contribution in [2.24, 2.45) is 0 Å². The molecule has 1 aromatic rings. The summed E-state index contributed by atoms with van der Waals surface area (Å²) in [5.41, 5.74) is 0.529. The Kier molecular flexibility index (Phi) is 4.69. The van der Waals surface area contributed by atoms with Crippen LogP contribution in [0, 0.1) is 0 Å². The van der Waals surface area contributed by atoms with Gasteiger partial charge in [-0.25, -0.2) is 12.7 Å². The third-order valence-corrected chi connectivity index (χ3v) is 6.57. The number of imide groups is 1. The number of nitrogens with zero attached hydrogens (tertiary/aromatic N) is 3. The fraction of sp³-hybridized carbons (Fsp3) is 0.562. The molecule has 3 rings (SSSR count). The molecule has 2 aliphatic heterocycles. The van der Waals surface area contributed by atoms with E-state index in [4.69, 9.17) is 0 Å². The predicted octanol–water partition coefficient (Wildman–Crippen LogP) is 1.27. The standard InChI is InChI=1S/C16H21N3O4S/c1-2-3-11-24(22,23)18-9-6-12(7-10-18)19-15(20)13-5-4-8-17-14(13)16(19)21/h4-5,8,12H,2-3,6-7,9-11H2,1H3. The Morgan fingerprint density at radius 2 is 1.92 bits per heavy atom. The third kappa shape index (κ3) is 2.95. The lowest BCUT2D eigenvalue weighted by atomic mass is 10.1. The number of aromatic nitrogens is 1. The number of hydrogen-bond donors (Lipinski definition) is 0. The molecular weight excluding hydrogens is 330 g/mol. The molecule has 2 amide bonds. The SMILES string of the molecule is CCCCS(=O)(=O)N1CCC(N2C(=O)c3cccnc3C2=O)CC1. The Hall–Kier alpha value is -1.80. The molecule has 0 spiro atoms. The molecule has 3 heterocycles. The van der Waals surface area contributed by atoms with E-state index in [2.05, 4.69) is 4.98 Å². The van der Waals surface area contributed by atoms with Gasteiger partial charge < -0.3 is 0 Å². The van der Waals surface area contributed by atoms with Crippen molar-refractivity contribution in [3.63, 3.8) is 0 Å². The van der Waals surface area contributed by atoms with Gasteiger partial charge in [-0.15, -0.1) is 0 Å². The van der Waals surface area contributed by atoms with Crippen LogP contribution >= 0.6 is 0 Å². The minimum Gasteiger partial charge on any atom is -0.270 e. The summed E-state index contributed by atoms with van der Waals surface area (Å²) in [7, 11) is -3.24. The van der Waals surface area contributed by atoms with E-state index in [-0.39, 0.29) is 29.3 Å². The van der Waals surface area contributed by atoms with E-state index in [1.54, 1.807) is 12.1 Å². The number of sulfonamides is 1. The summed E-state index contributed by atoms with van der Waals surface area (Å²) in [5, 5.41) is 0. The second-order valence-corrected chi connectivity index (χ2v) is 8.27. The van der Waals surface area contributed by atoms with Crippen LogP contribution in [0.2, 0.25) is 0 Å². The molecule has 0 saturated carbocycles. The van der Waals surface area contributed by atoms with Crippen molar-refractivity contribution >= 4 is 21.8 Å². The van der Waals surface area contributed by atoms with Crippen molar-refractivity contribution in [2.45, 2.75) is 38.6 Å². The minimum atomic E-state index is -3.24. The lowest BCUT2D eigenvalue weighted by Gasteiger charge is -2.34. The highest BCUT2D eigenvalue weighted by atomic mass is 32.2. The van der Waals surface area contributed by atoms with Gasteiger partial charge in [0.05, 0.1) is 11.3 Å². The Labute approximate surface area is 141 Å². The number of rotatable bonds is 5. The van der Waals surface area contributed by atoms with Gasteiger partial charge in [-0.2, -0.15) is 0 Å². The van der Waals surface area contributed by atoms with E-state index >= 15 is 0 Å². The van der Waals surface area contributed by atoms with Gasteiger partial charge in [0.2, 0.25) is 10.0 Å². The van der Waals surface area contributed by atoms with Crippen LogP contribution in [0.5, 0.6) is 0 Å². The molecule has 8 heteroatoms. The molecule has 0 aliphatic carbocycles. The molecule has 24 heavy (non-hydrogen) atoms. The first-order valence-corrected chi connectivity index (χ1v) is 9.87. The molecule has 0 aromatic carbocycles. The van der Waals surface area contributed by atoms with Gasteiger partial charge in [-0.1, -0.05) is 13.3 Å². The van der Waals surface area contributed by atoms with Crippen molar-refractivity contribution in [2.75, 3.05) is 18.8 Å². The number of hydrogen-bond acceptors (Lipinski definition) is 5. The fourth-order valence-electron chi connectivity index (χ4n) is 3.25. The van der Waals surface area contributed by atoms with Gasteiger partial charge in [-0.05, 0) is 31.4 Å². The Bertz CT molecular complexity index is 719. The summed E-state index contributed by atoms with van der Waals surface area (Å²) >= 11 is 0. The van der Waals surface area contributed by atoms with Crippen molar-refractivity contribution < 1.29 is 18.0 Å². The number of unbranched alkanes of at least 4 members (excludes halogenated alkanes) is 1. The van der Waals surface area contributed by atoms with E-state index in [0.29, 0.717) is 37.9 Å². The molecule has 1 saturated heterocycles. The third-order valence-electron chi connectivity index (χ3n) is 4.62. The zero-order chi connectivity index (χ0) is 17.3. The lowest BCUT2D eigenvalue weighted by Crippen LogP contribution is -2.49. The Morgan fingerprint density at radius 3 is 2.54 bits per heavy atom. The number of carbonyl (C=O) groups is 2. The molecule has 130 valence electrons. The summed E-state index contributed by atoms with van der Waals surface area (Å²) < 4.78 is 26.0. The summed E-state index contributed by atoms with van der Waals surface area (Å²) in [4.78, 5) is 30.2. The van der Waals surface area contributed by atoms with E-state index in [1.807, 2.05) is 6.92 Å². The zero-order valence-electron chi connectivity index (χ0n) is 13.6. The molecule has 0 N–H and O–H groups in total. The Morgan fingerprint density at radius 1 is 1.21 bits per heavy atom. The molecule has 1 aromatic heterocycles. The van der Waals surface area contributed by atoms with Crippen LogP contribution in [0.3, 0.4) is 0 Å². The second kappa shape index (κ2) is 6.60. The van der Waals surface area contributed by atoms with Crippen molar-refractivity contribution in [1.29, 1.82) is 0 Å². The molecule has 0 unspecified atom stereocenters. The van der Waals surface area contributed by atoms with Gasteiger partial charge >= 0.3 is 0 Å². The maximum absolute atomic E-state index is 12.5. The average molecular weight is 351 g/mol. The monoisotopic (exact) mass is 351 g/mol. The first-order valence-electron chi connectivity index (χ1n) is 8.26. The summed E-state index contributed by atoms with van der Waals surface area (Å²) in [6.45, 7) is 2.65. The zero-order valence-corrected chi connectivity index (χ0v) is 14.5. The summed E-state index contributed by atoms with van der Waals surface area (Å²) in [6, 6.07) is 2.97. The number of carbonyl (C=O) groups excluding carboxylic acids is 2. The number of fused-ring (bicyclic) bond motifs is 1. The molecule has 0 radical (unpaired) electrons. The number of amides is 2. The van der Waals surface area contributed by atoms with Gasteiger partial charge in [0.1, 0.15) is 5.69 Å². The average Bonchev–Trinajstić information content (AvgIpc) is 2.85. The molecule has 7 nitrogen and oxygen atoms in total. The Balaban J connectivity index is 1.68. The van der Waals surface area contributed by atoms with Crippen LogP contribution in [0.25, 0.3) is 0 Å². The van der Waals surface area contributed by atoms with E-state index < -0.39 is 10.0 Å². The van der Waals surface area contributed by atoms with E-state index in [0.717, 1.165) is 6.42 Å². The van der Waals surface area contributed by atoms with Gasteiger partial charge in [0.25, 0.3) is 11.8 Å². The lowest BCUT2D eigenvalue weighted by molar-refractivity contribution is 0.0534.